The van der Waals surface area contributed by atoms with Crippen molar-refractivity contribution in [2.45, 2.75) is 32.2 Å². The SMILES string of the molecule is Cc1ccccc1CNc1cc(NN)nc(C2CC2)n1. The third-order valence-corrected chi connectivity index (χ3v) is 3.56. The molecule has 3 rings (SSSR count). The lowest BCUT2D eigenvalue weighted by atomic mass is 10.1. The van der Waals surface area contributed by atoms with E-state index in [1.54, 1.807) is 0 Å². The maximum Gasteiger partial charge on any atom is 0.145 e. The van der Waals surface area contributed by atoms with E-state index < -0.39 is 0 Å². The molecule has 0 bridgehead atoms. The minimum Gasteiger partial charge on any atom is -0.366 e. The van der Waals surface area contributed by atoms with Gasteiger partial charge in [0.25, 0.3) is 0 Å². The lowest BCUT2D eigenvalue weighted by Gasteiger charge is -2.11. The number of benzene rings is 1. The molecule has 1 aliphatic rings. The van der Waals surface area contributed by atoms with Crippen LogP contribution >= 0.6 is 0 Å². The largest absolute Gasteiger partial charge is 0.366 e. The second kappa shape index (κ2) is 5.46. The van der Waals surface area contributed by atoms with Crippen LogP contribution < -0.4 is 16.6 Å². The van der Waals surface area contributed by atoms with Crippen LogP contribution in [0.1, 0.15) is 35.7 Å². The van der Waals surface area contributed by atoms with Gasteiger partial charge in [-0.15, -0.1) is 0 Å². The minimum atomic E-state index is 0.502. The number of hydrogen-bond acceptors (Lipinski definition) is 5. The van der Waals surface area contributed by atoms with Gasteiger partial charge in [-0.2, -0.15) is 0 Å². The molecule has 1 aliphatic carbocycles. The van der Waals surface area contributed by atoms with E-state index in [2.05, 4.69) is 39.8 Å². The first-order valence-electron chi connectivity index (χ1n) is 6.90. The lowest BCUT2D eigenvalue weighted by molar-refractivity contribution is 0.919. The van der Waals surface area contributed by atoms with Gasteiger partial charge in [0.05, 0.1) is 0 Å². The summed E-state index contributed by atoms with van der Waals surface area (Å²) in [4.78, 5) is 8.97. The van der Waals surface area contributed by atoms with Gasteiger partial charge in [0, 0.05) is 18.5 Å². The molecule has 4 N–H and O–H groups in total. The summed E-state index contributed by atoms with van der Waals surface area (Å²) in [7, 11) is 0. The fourth-order valence-electron chi connectivity index (χ4n) is 2.15. The summed E-state index contributed by atoms with van der Waals surface area (Å²) in [6.07, 6.45) is 2.34. The predicted octanol–water partition coefficient (Wildman–Crippen LogP) is 2.56. The molecule has 5 heteroatoms. The summed E-state index contributed by atoms with van der Waals surface area (Å²) in [5.74, 6) is 8.33. The molecule has 0 saturated heterocycles. The fourth-order valence-corrected chi connectivity index (χ4v) is 2.15. The van der Waals surface area contributed by atoms with Gasteiger partial charge < -0.3 is 10.7 Å². The number of aromatic nitrogens is 2. The number of nitrogens with two attached hydrogens (primary N) is 1. The van der Waals surface area contributed by atoms with Crippen LogP contribution in [0.15, 0.2) is 30.3 Å². The van der Waals surface area contributed by atoms with Crippen molar-refractivity contribution < 1.29 is 0 Å². The van der Waals surface area contributed by atoms with E-state index >= 15 is 0 Å². The molecule has 0 aliphatic heterocycles. The van der Waals surface area contributed by atoms with E-state index in [0.29, 0.717) is 11.7 Å². The smallest absolute Gasteiger partial charge is 0.145 e. The Hall–Kier alpha value is -2.14. The van der Waals surface area contributed by atoms with Gasteiger partial charge in [-0.1, -0.05) is 24.3 Å². The van der Waals surface area contributed by atoms with Gasteiger partial charge in [-0.25, -0.2) is 15.8 Å². The third-order valence-electron chi connectivity index (χ3n) is 3.56. The van der Waals surface area contributed by atoms with Crippen LogP contribution in [0.3, 0.4) is 0 Å². The van der Waals surface area contributed by atoms with E-state index in [9.17, 15) is 0 Å². The van der Waals surface area contributed by atoms with Gasteiger partial charge in [0.1, 0.15) is 17.5 Å². The number of anilines is 2. The molecule has 5 nitrogen and oxygen atoms in total. The summed E-state index contributed by atoms with van der Waals surface area (Å²) >= 11 is 0. The Morgan fingerprint density at radius 1 is 1.20 bits per heavy atom. The van der Waals surface area contributed by atoms with Crippen molar-refractivity contribution >= 4 is 11.6 Å². The molecule has 20 heavy (non-hydrogen) atoms. The van der Waals surface area contributed by atoms with Crippen molar-refractivity contribution in [3.05, 3.63) is 47.3 Å². The van der Waals surface area contributed by atoms with E-state index in [0.717, 1.165) is 18.2 Å². The Balaban J connectivity index is 1.76. The van der Waals surface area contributed by atoms with Crippen LogP contribution in [-0.2, 0) is 6.54 Å². The maximum absolute atomic E-state index is 5.47. The molecule has 0 atom stereocenters. The number of nitrogen functional groups attached to an aromatic ring is 1. The fraction of sp³-hybridized carbons (Fsp3) is 0.333. The first kappa shape index (κ1) is 12.9. The van der Waals surface area contributed by atoms with E-state index in [4.69, 9.17) is 5.84 Å². The average Bonchev–Trinajstić information content (AvgIpc) is 3.31. The molecule has 1 saturated carbocycles. The van der Waals surface area contributed by atoms with E-state index in [-0.39, 0.29) is 0 Å². The second-order valence-electron chi connectivity index (χ2n) is 5.20. The van der Waals surface area contributed by atoms with E-state index in [1.165, 1.54) is 24.0 Å². The quantitative estimate of drug-likeness (QED) is 0.574. The summed E-state index contributed by atoms with van der Waals surface area (Å²) in [5.41, 5.74) is 5.15. The average molecular weight is 269 g/mol. The molecule has 0 amide bonds. The van der Waals surface area contributed by atoms with Crippen molar-refractivity contribution in [1.82, 2.24) is 9.97 Å². The van der Waals surface area contributed by atoms with Crippen LogP contribution in [0.25, 0.3) is 0 Å². The predicted molar refractivity (Wildman–Crippen MR) is 80.3 cm³/mol. The summed E-state index contributed by atoms with van der Waals surface area (Å²) < 4.78 is 0. The number of hydrazine groups is 1. The Labute approximate surface area is 118 Å². The van der Waals surface area contributed by atoms with Gasteiger partial charge in [0.15, 0.2) is 0 Å². The molecule has 1 aromatic carbocycles. The zero-order chi connectivity index (χ0) is 13.9. The topological polar surface area (TPSA) is 75.9 Å². The second-order valence-corrected chi connectivity index (χ2v) is 5.20. The first-order chi connectivity index (χ1) is 9.76. The first-order valence-corrected chi connectivity index (χ1v) is 6.90. The van der Waals surface area contributed by atoms with Crippen molar-refractivity contribution in [3.8, 4) is 0 Å². The highest BCUT2D eigenvalue weighted by molar-refractivity contribution is 5.48. The van der Waals surface area contributed by atoms with Crippen molar-refractivity contribution in [1.29, 1.82) is 0 Å². The van der Waals surface area contributed by atoms with Crippen molar-refractivity contribution in [2.75, 3.05) is 10.7 Å². The number of nitrogens with zero attached hydrogens (tertiary/aromatic N) is 2. The van der Waals surface area contributed by atoms with Gasteiger partial charge in [-0.05, 0) is 30.9 Å². The number of nitrogens with one attached hydrogen (secondary N) is 2. The van der Waals surface area contributed by atoms with Crippen molar-refractivity contribution in [2.24, 2.45) is 5.84 Å². The van der Waals surface area contributed by atoms with Crippen LogP contribution in [0.5, 0.6) is 0 Å². The molecular weight excluding hydrogens is 250 g/mol. The van der Waals surface area contributed by atoms with E-state index in [1.807, 2.05) is 18.2 Å². The number of hydrogen-bond donors (Lipinski definition) is 3. The molecule has 2 aromatic rings. The third kappa shape index (κ3) is 2.88. The highest BCUT2D eigenvalue weighted by Crippen LogP contribution is 2.38. The summed E-state index contributed by atoms with van der Waals surface area (Å²) in [5, 5.41) is 3.35. The van der Waals surface area contributed by atoms with Gasteiger partial charge in [0.2, 0.25) is 0 Å². The molecular formula is C15H19N5. The number of rotatable bonds is 5. The Bertz CT molecular complexity index is 607. The number of aryl methyl sites for hydroxylation is 1. The Kier molecular flexibility index (Phi) is 3.52. The molecule has 104 valence electrons. The summed E-state index contributed by atoms with van der Waals surface area (Å²) in [6, 6.07) is 10.2. The maximum atomic E-state index is 5.47. The monoisotopic (exact) mass is 269 g/mol. The highest BCUT2D eigenvalue weighted by atomic mass is 15.3. The Morgan fingerprint density at radius 2 is 1.95 bits per heavy atom. The Morgan fingerprint density at radius 3 is 2.65 bits per heavy atom. The van der Waals surface area contributed by atoms with Gasteiger partial charge >= 0.3 is 0 Å². The molecule has 0 unspecified atom stereocenters. The van der Waals surface area contributed by atoms with Crippen LogP contribution in [0.2, 0.25) is 0 Å². The summed E-state index contributed by atoms with van der Waals surface area (Å²) in [6.45, 7) is 2.86. The lowest BCUT2D eigenvalue weighted by Crippen LogP contribution is -2.12. The zero-order valence-electron chi connectivity index (χ0n) is 11.6. The van der Waals surface area contributed by atoms with Crippen LogP contribution in [0.4, 0.5) is 11.6 Å². The van der Waals surface area contributed by atoms with Crippen LogP contribution in [0, 0.1) is 6.92 Å². The molecule has 1 fully saturated rings. The normalized spacial score (nSPS) is 14.1. The molecule has 0 radical (unpaired) electrons. The standard InChI is InChI=1S/C15H19N5/c1-10-4-2-3-5-12(10)9-17-13-8-14(20-16)19-15(18-13)11-6-7-11/h2-5,8,11H,6-7,9,16H2,1H3,(H2,17,18,19,20). The van der Waals surface area contributed by atoms with Crippen LogP contribution in [-0.4, -0.2) is 9.97 Å². The zero-order valence-corrected chi connectivity index (χ0v) is 11.6. The van der Waals surface area contributed by atoms with Crippen molar-refractivity contribution in [3.63, 3.8) is 0 Å². The molecule has 0 spiro atoms. The van der Waals surface area contributed by atoms with Gasteiger partial charge in [-0.3, -0.25) is 0 Å². The molecule has 1 heterocycles. The molecule has 1 aromatic heterocycles. The minimum absolute atomic E-state index is 0.502. The highest BCUT2D eigenvalue weighted by Gasteiger charge is 2.27.